The van der Waals surface area contributed by atoms with Gasteiger partial charge in [-0.25, -0.2) is 0 Å². The fourth-order valence-electron chi connectivity index (χ4n) is 2.49. The molecule has 0 aliphatic carbocycles. The first-order valence-electron chi connectivity index (χ1n) is 6.74. The first-order chi connectivity index (χ1) is 9.33. The van der Waals surface area contributed by atoms with Crippen molar-refractivity contribution in [1.82, 2.24) is 5.32 Å². The summed E-state index contributed by atoms with van der Waals surface area (Å²) in [4.78, 5) is 12.1. The highest BCUT2D eigenvalue weighted by Gasteiger charge is 2.22. The molecular formula is C16H18ClNO2. The minimum atomic E-state index is -0.100. The van der Waals surface area contributed by atoms with Crippen molar-refractivity contribution in [2.75, 3.05) is 13.1 Å². The normalized spacial score (nSPS) is 15.6. The molecule has 1 aliphatic heterocycles. The Balaban J connectivity index is 0.00000147. The summed E-state index contributed by atoms with van der Waals surface area (Å²) in [7, 11) is 0. The summed E-state index contributed by atoms with van der Waals surface area (Å²) in [5.41, 5.74) is 0. The molecule has 0 atom stereocenters. The topological polar surface area (TPSA) is 38.3 Å². The van der Waals surface area contributed by atoms with Crippen LogP contribution in [-0.2, 0) is 4.79 Å². The van der Waals surface area contributed by atoms with Crippen LogP contribution in [0.1, 0.15) is 12.8 Å². The van der Waals surface area contributed by atoms with Gasteiger partial charge in [0.05, 0.1) is 5.92 Å². The van der Waals surface area contributed by atoms with Crippen molar-refractivity contribution >= 4 is 29.1 Å². The SMILES string of the molecule is Cl.O=C(Oc1ccc2ccccc2c1)C1CCNCC1. The number of carbonyl (C=O) groups is 1. The molecule has 1 fully saturated rings. The summed E-state index contributed by atoms with van der Waals surface area (Å²) in [6, 6.07) is 13.8. The monoisotopic (exact) mass is 291 g/mol. The molecule has 0 saturated carbocycles. The van der Waals surface area contributed by atoms with Crippen molar-refractivity contribution in [3.8, 4) is 5.75 Å². The van der Waals surface area contributed by atoms with Gasteiger partial charge in [0, 0.05) is 0 Å². The summed E-state index contributed by atoms with van der Waals surface area (Å²) in [6.45, 7) is 1.80. The van der Waals surface area contributed by atoms with Gasteiger partial charge in [-0.3, -0.25) is 4.79 Å². The summed E-state index contributed by atoms with van der Waals surface area (Å²) in [6.07, 6.45) is 1.73. The Labute approximate surface area is 124 Å². The fourth-order valence-corrected chi connectivity index (χ4v) is 2.49. The standard InChI is InChI=1S/C16H17NO2.ClH/c18-16(13-7-9-17-10-8-13)19-15-6-5-12-3-1-2-4-14(12)11-15;/h1-6,11,13,17H,7-10H2;1H. The number of esters is 1. The van der Waals surface area contributed by atoms with Crippen molar-refractivity contribution < 1.29 is 9.53 Å². The van der Waals surface area contributed by atoms with E-state index in [1.807, 2.05) is 42.5 Å². The van der Waals surface area contributed by atoms with Gasteiger partial charge in [-0.05, 0) is 48.8 Å². The molecule has 20 heavy (non-hydrogen) atoms. The Morgan fingerprint density at radius 1 is 1.05 bits per heavy atom. The van der Waals surface area contributed by atoms with Crippen LogP contribution in [-0.4, -0.2) is 19.1 Å². The van der Waals surface area contributed by atoms with Gasteiger partial charge in [-0.2, -0.15) is 0 Å². The molecule has 3 nitrogen and oxygen atoms in total. The smallest absolute Gasteiger partial charge is 0.314 e. The van der Waals surface area contributed by atoms with Crippen LogP contribution in [0.5, 0.6) is 5.75 Å². The number of ether oxygens (including phenoxy) is 1. The molecule has 1 N–H and O–H groups in total. The van der Waals surface area contributed by atoms with Crippen LogP contribution in [0.15, 0.2) is 42.5 Å². The highest BCUT2D eigenvalue weighted by molar-refractivity contribution is 5.85. The summed E-state index contributed by atoms with van der Waals surface area (Å²) in [5.74, 6) is 0.576. The van der Waals surface area contributed by atoms with E-state index >= 15 is 0 Å². The van der Waals surface area contributed by atoms with Crippen LogP contribution >= 0.6 is 12.4 Å². The Bertz CT molecular complexity index is 594. The van der Waals surface area contributed by atoms with E-state index in [-0.39, 0.29) is 24.3 Å². The molecule has 1 heterocycles. The van der Waals surface area contributed by atoms with Crippen molar-refractivity contribution in [2.24, 2.45) is 5.92 Å². The highest BCUT2D eigenvalue weighted by atomic mass is 35.5. The molecule has 0 amide bonds. The van der Waals surface area contributed by atoms with Gasteiger partial charge in [0.15, 0.2) is 0 Å². The molecule has 1 aliphatic rings. The molecule has 0 spiro atoms. The maximum absolute atomic E-state index is 12.1. The molecule has 2 aromatic rings. The number of hydrogen-bond acceptors (Lipinski definition) is 3. The molecule has 0 bridgehead atoms. The van der Waals surface area contributed by atoms with Gasteiger partial charge >= 0.3 is 5.97 Å². The van der Waals surface area contributed by atoms with Gasteiger partial charge in [0.25, 0.3) is 0 Å². The molecular weight excluding hydrogens is 274 g/mol. The van der Waals surface area contributed by atoms with E-state index in [0.717, 1.165) is 36.7 Å². The number of rotatable bonds is 2. The largest absolute Gasteiger partial charge is 0.426 e. The van der Waals surface area contributed by atoms with E-state index in [0.29, 0.717) is 5.75 Å². The zero-order chi connectivity index (χ0) is 13.1. The predicted octanol–water partition coefficient (Wildman–Crippen LogP) is 3.17. The van der Waals surface area contributed by atoms with E-state index in [9.17, 15) is 4.79 Å². The van der Waals surface area contributed by atoms with Crippen LogP contribution in [0.3, 0.4) is 0 Å². The highest BCUT2D eigenvalue weighted by Crippen LogP contribution is 2.22. The lowest BCUT2D eigenvalue weighted by molar-refractivity contribution is -0.139. The maximum atomic E-state index is 12.1. The lowest BCUT2D eigenvalue weighted by Gasteiger charge is -2.20. The van der Waals surface area contributed by atoms with Gasteiger partial charge in [0.2, 0.25) is 0 Å². The Hall–Kier alpha value is -1.58. The third-order valence-corrected chi connectivity index (χ3v) is 3.61. The number of benzene rings is 2. The van der Waals surface area contributed by atoms with Crippen molar-refractivity contribution in [3.05, 3.63) is 42.5 Å². The summed E-state index contributed by atoms with van der Waals surface area (Å²) >= 11 is 0. The molecule has 4 heteroatoms. The molecule has 106 valence electrons. The minimum absolute atomic E-state index is 0. The van der Waals surface area contributed by atoms with Crippen molar-refractivity contribution in [2.45, 2.75) is 12.8 Å². The zero-order valence-electron chi connectivity index (χ0n) is 11.2. The summed E-state index contributed by atoms with van der Waals surface area (Å²) in [5, 5.41) is 5.50. The second-order valence-electron chi connectivity index (χ2n) is 4.95. The second-order valence-corrected chi connectivity index (χ2v) is 4.95. The number of halogens is 1. The van der Waals surface area contributed by atoms with Crippen LogP contribution in [0.25, 0.3) is 10.8 Å². The Morgan fingerprint density at radius 3 is 2.50 bits per heavy atom. The van der Waals surface area contributed by atoms with Crippen LogP contribution < -0.4 is 10.1 Å². The Morgan fingerprint density at radius 2 is 1.75 bits per heavy atom. The fraction of sp³-hybridized carbons (Fsp3) is 0.312. The van der Waals surface area contributed by atoms with Crippen LogP contribution in [0.4, 0.5) is 0 Å². The molecule has 0 aromatic heterocycles. The molecule has 1 saturated heterocycles. The maximum Gasteiger partial charge on any atom is 0.314 e. The second kappa shape index (κ2) is 6.73. The average Bonchev–Trinajstić information content (AvgIpc) is 2.48. The van der Waals surface area contributed by atoms with Gasteiger partial charge in [0.1, 0.15) is 5.75 Å². The molecule has 0 radical (unpaired) electrons. The number of nitrogens with one attached hydrogen (secondary N) is 1. The van der Waals surface area contributed by atoms with Gasteiger partial charge < -0.3 is 10.1 Å². The van der Waals surface area contributed by atoms with E-state index < -0.39 is 0 Å². The average molecular weight is 292 g/mol. The first-order valence-corrected chi connectivity index (χ1v) is 6.74. The van der Waals surface area contributed by atoms with Crippen LogP contribution in [0, 0.1) is 5.92 Å². The van der Waals surface area contributed by atoms with E-state index in [4.69, 9.17) is 4.74 Å². The Kier molecular flexibility index (Phi) is 4.99. The lowest BCUT2D eigenvalue weighted by atomic mass is 9.98. The van der Waals surface area contributed by atoms with E-state index in [2.05, 4.69) is 5.32 Å². The predicted molar refractivity (Wildman–Crippen MR) is 82.4 cm³/mol. The minimum Gasteiger partial charge on any atom is -0.426 e. The number of fused-ring (bicyclic) bond motifs is 1. The zero-order valence-corrected chi connectivity index (χ0v) is 12.0. The third kappa shape index (κ3) is 3.30. The third-order valence-electron chi connectivity index (χ3n) is 3.61. The van der Waals surface area contributed by atoms with E-state index in [1.165, 1.54) is 0 Å². The van der Waals surface area contributed by atoms with Crippen molar-refractivity contribution in [3.63, 3.8) is 0 Å². The number of hydrogen-bond donors (Lipinski definition) is 1. The lowest BCUT2D eigenvalue weighted by Crippen LogP contribution is -2.33. The number of piperidine rings is 1. The quantitative estimate of drug-likeness (QED) is 0.682. The van der Waals surface area contributed by atoms with Crippen LogP contribution in [0.2, 0.25) is 0 Å². The molecule has 0 unspecified atom stereocenters. The van der Waals surface area contributed by atoms with E-state index in [1.54, 1.807) is 0 Å². The summed E-state index contributed by atoms with van der Waals surface area (Å²) < 4.78 is 5.50. The number of carbonyl (C=O) groups excluding carboxylic acids is 1. The van der Waals surface area contributed by atoms with Gasteiger partial charge in [-0.1, -0.05) is 30.3 Å². The molecule has 3 rings (SSSR count). The van der Waals surface area contributed by atoms with Crippen molar-refractivity contribution in [1.29, 1.82) is 0 Å². The molecule has 2 aromatic carbocycles. The van der Waals surface area contributed by atoms with Gasteiger partial charge in [-0.15, -0.1) is 12.4 Å². The first kappa shape index (κ1) is 14.8.